The SMILES string of the molecule is CC1C=C(CC=O)ON1.CNc1cc(C2CCCC(OC(=O)NC3(C)CC3)CC2)[nH]n1. The molecule has 3 atom stereocenters. The molecule has 4 rings (SSSR count). The third-order valence-corrected chi connectivity index (χ3v) is 5.98. The Morgan fingerprint density at radius 2 is 2.16 bits per heavy atom. The Labute approximate surface area is 183 Å². The molecule has 9 heteroatoms. The van der Waals surface area contributed by atoms with Gasteiger partial charge in [0, 0.05) is 30.3 Å². The molecule has 4 N–H and O–H groups in total. The molecule has 1 aliphatic heterocycles. The third-order valence-electron chi connectivity index (χ3n) is 5.98. The predicted molar refractivity (Wildman–Crippen MR) is 117 cm³/mol. The second kappa shape index (κ2) is 10.7. The molecule has 2 aliphatic carbocycles. The van der Waals surface area contributed by atoms with Gasteiger partial charge < -0.3 is 25.0 Å². The zero-order chi connectivity index (χ0) is 22.3. The van der Waals surface area contributed by atoms with Crippen molar-refractivity contribution in [2.45, 2.75) is 88.8 Å². The molecule has 1 amide bonds. The summed E-state index contributed by atoms with van der Waals surface area (Å²) in [4.78, 5) is 26.7. The van der Waals surface area contributed by atoms with E-state index in [9.17, 15) is 9.59 Å². The number of alkyl carbamates (subject to hydrolysis) is 1. The molecule has 2 heterocycles. The van der Waals surface area contributed by atoms with Crippen molar-refractivity contribution < 1.29 is 19.2 Å². The van der Waals surface area contributed by atoms with Crippen LogP contribution in [0.1, 0.15) is 76.8 Å². The van der Waals surface area contributed by atoms with E-state index in [1.807, 2.05) is 20.0 Å². The van der Waals surface area contributed by atoms with E-state index in [0.717, 1.165) is 62.8 Å². The Morgan fingerprint density at radius 1 is 1.35 bits per heavy atom. The maximum atomic E-state index is 11.9. The van der Waals surface area contributed by atoms with Crippen molar-refractivity contribution in [1.82, 2.24) is 21.0 Å². The topological polar surface area (TPSA) is 117 Å². The van der Waals surface area contributed by atoms with Gasteiger partial charge >= 0.3 is 6.09 Å². The number of nitrogens with one attached hydrogen (secondary N) is 4. The number of aldehydes is 1. The third kappa shape index (κ3) is 7.27. The monoisotopic (exact) mass is 433 g/mol. The molecule has 31 heavy (non-hydrogen) atoms. The lowest BCUT2D eigenvalue weighted by atomic mass is 9.97. The standard InChI is InChI=1S/C16H26N4O2.C6H9NO2/c1-16(8-9-16)18-15(21)22-12-5-3-4-11(6-7-12)13-10-14(17-2)20-19-13;1-5-4-6(2-3-8)9-7-5/h10-12H,3-9H2,1-2H3,(H,18,21)(H2,17,19,20);3-5,7H,2H2,1H3. The summed E-state index contributed by atoms with van der Waals surface area (Å²) in [7, 11) is 1.87. The summed E-state index contributed by atoms with van der Waals surface area (Å²) in [6.45, 7) is 4.02. The van der Waals surface area contributed by atoms with Gasteiger partial charge in [0.05, 0.1) is 12.5 Å². The van der Waals surface area contributed by atoms with Crippen LogP contribution >= 0.6 is 0 Å². The number of hydroxylamine groups is 1. The van der Waals surface area contributed by atoms with Gasteiger partial charge in [0.25, 0.3) is 0 Å². The Hall–Kier alpha value is -2.55. The van der Waals surface area contributed by atoms with Gasteiger partial charge in [-0.15, -0.1) is 0 Å². The van der Waals surface area contributed by atoms with Crippen molar-refractivity contribution >= 4 is 18.2 Å². The Morgan fingerprint density at radius 3 is 2.77 bits per heavy atom. The van der Waals surface area contributed by atoms with E-state index in [-0.39, 0.29) is 23.8 Å². The first-order chi connectivity index (χ1) is 14.9. The van der Waals surface area contributed by atoms with E-state index in [4.69, 9.17) is 9.57 Å². The van der Waals surface area contributed by atoms with E-state index in [1.54, 1.807) is 0 Å². The van der Waals surface area contributed by atoms with Crippen LogP contribution in [-0.4, -0.2) is 47.3 Å². The van der Waals surface area contributed by atoms with Gasteiger partial charge in [0.1, 0.15) is 24.0 Å². The molecule has 0 spiro atoms. The highest BCUT2D eigenvalue weighted by molar-refractivity contribution is 5.69. The average molecular weight is 434 g/mol. The van der Waals surface area contributed by atoms with Gasteiger partial charge in [-0.2, -0.15) is 10.6 Å². The first-order valence-electron chi connectivity index (χ1n) is 11.2. The number of H-pyrrole nitrogens is 1. The van der Waals surface area contributed by atoms with E-state index < -0.39 is 0 Å². The summed E-state index contributed by atoms with van der Waals surface area (Å²) in [6.07, 6.45) is 10.1. The second-order valence-electron chi connectivity index (χ2n) is 8.89. The van der Waals surface area contributed by atoms with Crippen LogP contribution in [-0.2, 0) is 14.4 Å². The van der Waals surface area contributed by atoms with E-state index >= 15 is 0 Å². The summed E-state index contributed by atoms with van der Waals surface area (Å²) >= 11 is 0. The number of carbonyl (C=O) groups excluding carboxylic acids is 2. The number of ether oxygens (including phenoxy) is 1. The Balaban J connectivity index is 0.000000254. The molecule has 0 radical (unpaired) electrons. The van der Waals surface area contributed by atoms with Crippen LogP contribution in [0.4, 0.5) is 10.6 Å². The Kier molecular flexibility index (Phi) is 7.95. The maximum absolute atomic E-state index is 11.9. The number of hydrogen-bond donors (Lipinski definition) is 4. The molecule has 3 aliphatic rings. The zero-order valence-corrected chi connectivity index (χ0v) is 18.7. The number of allylic oxidation sites excluding steroid dienone is 1. The van der Waals surface area contributed by atoms with Crippen molar-refractivity contribution in [2.75, 3.05) is 12.4 Å². The van der Waals surface area contributed by atoms with Crippen molar-refractivity contribution in [3.8, 4) is 0 Å². The molecular formula is C22H35N5O4. The molecule has 0 aromatic carbocycles. The maximum Gasteiger partial charge on any atom is 0.407 e. The van der Waals surface area contributed by atoms with Gasteiger partial charge in [0.15, 0.2) is 0 Å². The van der Waals surface area contributed by atoms with Crippen molar-refractivity contribution in [3.05, 3.63) is 23.6 Å². The number of hydrogen-bond acceptors (Lipinski definition) is 7. The van der Waals surface area contributed by atoms with Crippen LogP contribution in [0.5, 0.6) is 0 Å². The number of aromatic amines is 1. The van der Waals surface area contributed by atoms with Gasteiger partial charge in [-0.3, -0.25) is 5.10 Å². The van der Waals surface area contributed by atoms with E-state index in [1.165, 1.54) is 5.69 Å². The fourth-order valence-electron chi connectivity index (χ4n) is 3.82. The van der Waals surface area contributed by atoms with Gasteiger partial charge in [-0.1, -0.05) is 0 Å². The molecule has 1 aromatic rings. The normalized spacial score (nSPS) is 26.3. The molecule has 1 aromatic heterocycles. The number of carbonyl (C=O) groups is 2. The fourth-order valence-corrected chi connectivity index (χ4v) is 3.82. The molecule has 3 unspecified atom stereocenters. The number of anilines is 1. The summed E-state index contributed by atoms with van der Waals surface area (Å²) in [6, 6.07) is 2.31. The highest BCUT2D eigenvalue weighted by Gasteiger charge is 2.39. The molecule has 0 bridgehead atoms. The smallest absolute Gasteiger partial charge is 0.407 e. The number of nitrogens with zero attached hydrogens (tertiary/aromatic N) is 1. The van der Waals surface area contributed by atoms with Crippen molar-refractivity contribution in [3.63, 3.8) is 0 Å². The second-order valence-corrected chi connectivity index (χ2v) is 8.89. The molecule has 172 valence electrons. The summed E-state index contributed by atoms with van der Waals surface area (Å²) < 4.78 is 5.61. The minimum atomic E-state index is -0.248. The highest BCUT2D eigenvalue weighted by atomic mass is 16.7. The van der Waals surface area contributed by atoms with Gasteiger partial charge in [0.2, 0.25) is 0 Å². The summed E-state index contributed by atoms with van der Waals surface area (Å²) in [5.41, 5.74) is 3.87. The lowest BCUT2D eigenvalue weighted by Gasteiger charge is -2.18. The zero-order valence-electron chi connectivity index (χ0n) is 18.7. The predicted octanol–water partition coefficient (Wildman–Crippen LogP) is 3.53. The largest absolute Gasteiger partial charge is 0.446 e. The van der Waals surface area contributed by atoms with Crippen LogP contribution < -0.4 is 16.1 Å². The average Bonchev–Trinajstić information content (AvgIpc) is 3.14. The molecule has 0 saturated heterocycles. The number of rotatable bonds is 6. The summed E-state index contributed by atoms with van der Waals surface area (Å²) in [5.74, 6) is 2.08. The number of aromatic nitrogens is 2. The highest BCUT2D eigenvalue weighted by Crippen LogP contribution is 2.35. The first-order valence-corrected chi connectivity index (χ1v) is 11.2. The lowest BCUT2D eigenvalue weighted by molar-refractivity contribution is -0.108. The first kappa shape index (κ1) is 23.1. The number of amides is 1. The minimum absolute atomic E-state index is 0.0101. The van der Waals surface area contributed by atoms with Crippen LogP contribution in [0.15, 0.2) is 17.9 Å². The molecule has 2 fully saturated rings. The van der Waals surface area contributed by atoms with Crippen molar-refractivity contribution in [1.29, 1.82) is 0 Å². The van der Waals surface area contributed by atoms with Crippen molar-refractivity contribution in [2.24, 2.45) is 0 Å². The van der Waals surface area contributed by atoms with Crippen LogP contribution in [0.2, 0.25) is 0 Å². The molecular weight excluding hydrogens is 398 g/mol. The quantitative estimate of drug-likeness (QED) is 0.400. The molecule has 9 nitrogen and oxygen atoms in total. The van der Waals surface area contributed by atoms with Gasteiger partial charge in [-0.05, 0) is 64.9 Å². The van der Waals surface area contributed by atoms with Crippen LogP contribution in [0, 0.1) is 0 Å². The van der Waals surface area contributed by atoms with Crippen LogP contribution in [0.25, 0.3) is 0 Å². The van der Waals surface area contributed by atoms with Crippen LogP contribution in [0.3, 0.4) is 0 Å². The van der Waals surface area contributed by atoms with E-state index in [2.05, 4.69) is 39.3 Å². The Bertz CT molecular complexity index is 774. The van der Waals surface area contributed by atoms with Gasteiger partial charge in [-0.25, -0.2) is 4.79 Å². The minimum Gasteiger partial charge on any atom is -0.446 e. The fraction of sp³-hybridized carbons (Fsp3) is 0.682. The lowest BCUT2D eigenvalue weighted by Crippen LogP contribution is -2.36. The summed E-state index contributed by atoms with van der Waals surface area (Å²) in [5, 5.41) is 13.4. The molecule has 2 saturated carbocycles. The van der Waals surface area contributed by atoms with E-state index in [0.29, 0.717) is 12.3 Å².